The number of benzene rings is 1. The Bertz CT molecular complexity index is 460. The van der Waals surface area contributed by atoms with Crippen molar-refractivity contribution >= 4 is 5.71 Å². The number of nitriles is 1. The van der Waals surface area contributed by atoms with E-state index in [1.807, 2.05) is 32.0 Å². The fourth-order valence-electron chi connectivity index (χ4n) is 1.84. The first-order valence-electron chi connectivity index (χ1n) is 5.46. The summed E-state index contributed by atoms with van der Waals surface area (Å²) >= 11 is 0. The summed E-state index contributed by atoms with van der Waals surface area (Å²) in [6.07, 6.45) is 0. The van der Waals surface area contributed by atoms with Gasteiger partial charge in [-0.05, 0) is 31.9 Å². The summed E-state index contributed by atoms with van der Waals surface area (Å²) in [6, 6.07) is 7.88. The van der Waals surface area contributed by atoms with E-state index in [9.17, 15) is 0 Å². The number of hydrogen-bond acceptors (Lipinski definition) is 4. The van der Waals surface area contributed by atoms with Crippen molar-refractivity contribution in [2.75, 3.05) is 6.54 Å². The molecule has 0 bridgehead atoms. The van der Waals surface area contributed by atoms with Crippen LogP contribution in [0.5, 0.6) is 0 Å². The third-order valence-corrected chi connectivity index (χ3v) is 2.70. The Morgan fingerprint density at radius 3 is 2.76 bits per heavy atom. The molecule has 90 valence electrons. The molecule has 0 radical (unpaired) electrons. The van der Waals surface area contributed by atoms with Crippen LogP contribution in [-0.4, -0.2) is 17.5 Å². The predicted octanol–water partition coefficient (Wildman–Crippen LogP) is 2.31. The van der Waals surface area contributed by atoms with Gasteiger partial charge >= 0.3 is 0 Å². The highest BCUT2D eigenvalue weighted by molar-refractivity contribution is 5.88. The van der Waals surface area contributed by atoms with Crippen LogP contribution in [0.1, 0.15) is 29.7 Å². The normalized spacial score (nSPS) is 13.2. The highest BCUT2D eigenvalue weighted by Gasteiger charge is 2.16. The van der Waals surface area contributed by atoms with Gasteiger partial charge in [0.05, 0.1) is 24.4 Å². The number of hydrogen-bond donors (Lipinski definition) is 2. The molecule has 1 unspecified atom stereocenters. The van der Waals surface area contributed by atoms with Crippen molar-refractivity contribution in [2.24, 2.45) is 5.16 Å². The zero-order valence-corrected chi connectivity index (χ0v) is 10.4. The third-order valence-electron chi connectivity index (χ3n) is 2.70. The zero-order valence-electron chi connectivity index (χ0n) is 10.4. The molecule has 0 aliphatic carbocycles. The number of nitrogens with zero attached hydrogens (tertiary/aromatic N) is 2. The van der Waals surface area contributed by atoms with Crippen LogP contribution in [-0.2, 0) is 0 Å². The van der Waals surface area contributed by atoms with E-state index in [1.54, 1.807) is 6.92 Å². The Hall–Kier alpha value is -1.86. The standard InChI is InChI=1S/C13H17N3O/c1-9-4-5-12(10(2)8-9)13(11(3)16-17)15-7-6-14/h4-5,8,13,15,17H,7H2,1-3H3. The molecular weight excluding hydrogens is 214 g/mol. The second-order valence-corrected chi connectivity index (χ2v) is 4.07. The minimum absolute atomic E-state index is 0.213. The third kappa shape index (κ3) is 3.30. The summed E-state index contributed by atoms with van der Waals surface area (Å²) in [5.41, 5.74) is 3.88. The van der Waals surface area contributed by atoms with Crippen LogP contribution in [0, 0.1) is 25.2 Å². The molecule has 1 aromatic rings. The molecule has 0 heterocycles. The smallest absolute Gasteiger partial charge is 0.0848 e. The van der Waals surface area contributed by atoms with Gasteiger partial charge in [0, 0.05) is 0 Å². The monoisotopic (exact) mass is 231 g/mol. The van der Waals surface area contributed by atoms with Crippen LogP contribution in [0.4, 0.5) is 0 Å². The maximum absolute atomic E-state index is 8.88. The van der Waals surface area contributed by atoms with Gasteiger partial charge in [0.2, 0.25) is 0 Å². The molecule has 4 heteroatoms. The molecule has 1 rings (SSSR count). The highest BCUT2D eigenvalue weighted by Crippen LogP contribution is 2.20. The number of rotatable bonds is 4. The van der Waals surface area contributed by atoms with Gasteiger partial charge < -0.3 is 5.21 Å². The molecular formula is C13H17N3O. The molecule has 0 saturated heterocycles. The van der Waals surface area contributed by atoms with Crippen LogP contribution >= 0.6 is 0 Å². The van der Waals surface area contributed by atoms with Crippen LogP contribution in [0.25, 0.3) is 0 Å². The van der Waals surface area contributed by atoms with Gasteiger partial charge in [0.25, 0.3) is 0 Å². The number of aryl methyl sites for hydroxylation is 2. The summed E-state index contributed by atoms with van der Waals surface area (Å²) in [4.78, 5) is 0. The SMILES string of the molecule is CC(=NO)C(NCC#N)c1ccc(C)cc1C. The quantitative estimate of drug-likeness (QED) is 0.361. The van der Waals surface area contributed by atoms with E-state index < -0.39 is 0 Å². The lowest BCUT2D eigenvalue weighted by Crippen LogP contribution is -2.28. The second kappa shape index (κ2) is 6.02. The molecule has 1 atom stereocenters. The Balaban J connectivity index is 3.09. The maximum Gasteiger partial charge on any atom is 0.0848 e. The van der Waals surface area contributed by atoms with Crippen molar-refractivity contribution in [2.45, 2.75) is 26.8 Å². The molecule has 4 nitrogen and oxygen atoms in total. The zero-order chi connectivity index (χ0) is 12.8. The van der Waals surface area contributed by atoms with Crippen molar-refractivity contribution in [1.82, 2.24) is 5.32 Å². The Kier molecular flexibility index (Phi) is 4.68. The van der Waals surface area contributed by atoms with Crippen LogP contribution in [0.3, 0.4) is 0 Å². The molecule has 0 amide bonds. The molecule has 0 spiro atoms. The number of oxime groups is 1. The van der Waals surface area contributed by atoms with Crippen LogP contribution < -0.4 is 5.32 Å². The fourth-order valence-corrected chi connectivity index (χ4v) is 1.84. The van der Waals surface area contributed by atoms with Crippen molar-refractivity contribution in [3.05, 3.63) is 34.9 Å². The first-order valence-corrected chi connectivity index (χ1v) is 5.46. The molecule has 0 saturated carbocycles. The first-order chi connectivity index (χ1) is 8.10. The minimum Gasteiger partial charge on any atom is -0.411 e. The Morgan fingerprint density at radius 2 is 2.24 bits per heavy atom. The van der Waals surface area contributed by atoms with Crippen LogP contribution in [0.2, 0.25) is 0 Å². The Labute approximate surface area is 102 Å². The molecule has 0 fully saturated rings. The highest BCUT2D eigenvalue weighted by atomic mass is 16.4. The van der Waals surface area contributed by atoms with Crippen molar-refractivity contribution in [1.29, 1.82) is 5.26 Å². The fraction of sp³-hybridized carbons (Fsp3) is 0.385. The molecule has 0 aliphatic heterocycles. The van der Waals surface area contributed by atoms with Gasteiger partial charge in [-0.25, -0.2) is 0 Å². The lowest BCUT2D eigenvalue weighted by molar-refractivity contribution is 0.315. The van der Waals surface area contributed by atoms with E-state index in [0.29, 0.717) is 5.71 Å². The molecule has 2 N–H and O–H groups in total. The molecule has 0 aromatic heterocycles. The average Bonchev–Trinajstić information content (AvgIpc) is 2.31. The minimum atomic E-state index is -0.222. The van der Waals surface area contributed by atoms with E-state index in [0.717, 1.165) is 11.1 Å². The van der Waals surface area contributed by atoms with E-state index >= 15 is 0 Å². The van der Waals surface area contributed by atoms with E-state index in [1.165, 1.54) is 5.56 Å². The summed E-state index contributed by atoms with van der Waals surface area (Å²) < 4.78 is 0. The lowest BCUT2D eigenvalue weighted by Gasteiger charge is -2.19. The van der Waals surface area contributed by atoms with Crippen molar-refractivity contribution in [3.8, 4) is 6.07 Å². The van der Waals surface area contributed by atoms with Gasteiger partial charge in [-0.15, -0.1) is 0 Å². The summed E-state index contributed by atoms with van der Waals surface area (Å²) in [6.45, 7) is 5.98. The van der Waals surface area contributed by atoms with Gasteiger partial charge in [-0.2, -0.15) is 5.26 Å². The number of nitrogens with one attached hydrogen (secondary N) is 1. The van der Waals surface area contributed by atoms with E-state index in [2.05, 4.69) is 16.5 Å². The summed E-state index contributed by atoms with van der Waals surface area (Å²) in [7, 11) is 0. The average molecular weight is 231 g/mol. The molecule has 1 aromatic carbocycles. The van der Waals surface area contributed by atoms with Crippen molar-refractivity contribution in [3.63, 3.8) is 0 Å². The largest absolute Gasteiger partial charge is 0.411 e. The molecule has 17 heavy (non-hydrogen) atoms. The maximum atomic E-state index is 8.88. The van der Waals surface area contributed by atoms with Crippen molar-refractivity contribution < 1.29 is 5.21 Å². The first kappa shape index (κ1) is 13.2. The van der Waals surface area contributed by atoms with E-state index in [4.69, 9.17) is 10.5 Å². The Morgan fingerprint density at radius 1 is 1.53 bits per heavy atom. The van der Waals surface area contributed by atoms with Gasteiger partial charge in [0.15, 0.2) is 0 Å². The molecule has 0 aliphatic rings. The van der Waals surface area contributed by atoms with E-state index in [-0.39, 0.29) is 12.6 Å². The second-order valence-electron chi connectivity index (χ2n) is 4.07. The summed E-state index contributed by atoms with van der Waals surface area (Å²) in [5, 5.41) is 23.8. The topological polar surface area (TPSA) is 68.4 Å². The van der Waals surface area contributed by atoms with Gasteiger partial charge in [-0.1, -0.05) is 28.9 Å². The summed E-state index contributed by atoms with van der Waals surface area (Å²) in [5.74, 6) is 0. The van der Waals surface area contributed by atoms with Gasteiger partial charge in [0.1, 0.15) is 0 Å². The van der Waals surface area contributed by atoms with Crippen LogP contribution in [0.15, 0.2) is 23.4 Å². The van der Waals surface area contributed by atoms with Gasteiger partial charge in [-0.3, -0.25) is 5.32 Å². The predicted molar refractivity (Wildman–Crippen MR) is 67.2 cm³/mol. The lowest BCUT2D eigenvalue weighted by atomic mass is 9.96.